The first-order valence-electron chi connectivity index (χ1n) is 9.99. The number of fused-ring (bicyclic) bond motifs is 1. The van der Waals surface area contributed by atoms with Gasteiger partial charge in [-0.05, 0) is 24.6 Å². The number of rotatable bonds is 5. The number of benzene rings is 1. The molecule has 0 atom stereocenters. The summed E-state index contributed by atoms with van der Waals surface area (Å²) in [5, 5.41) is 3.44. The number of aromatic nitrogens is 4. The van der Waals surface area contributed by atoms with Crippen LogP contribution in [0.2, 0.25) is 0 Å². The second kappa shape index (κ2) is 8.03. The number of hydrogen-bond acceptors (Lipinski definition) is 7. The van der Waals surface area contributed by atoms with E-state index in [4.69, 9.17) is 5.73 Å². The highest BCUT2D eigenvalue weighted by molar-refractivity contribution is 5.69. The molecule has 0 spiro atoms. The van der Waals surface area contributed by atoms with Crippen molar-refractivity contribution in [3.05, 3.63) is 65.1 Å². The van der Waals surface area contributed by atoms with Gasteiger partial charge >= 0.3 is 0 Å². The average Bonchev–Trinajstić information content (AvgIpc) is 2.72. The Morgan fingerprint density at radius 1 is 1.14 bits per heavy atom. The van der Waals surface area contributed by atoms with E-state index < -0.39 is 0 Å². The van der Waals surface area contributed by atoms with Crippen LogP contribution in [-0.4, -0.2) is 26.5 Å². The van der Waals surface area contributed by atoms with Crippen LogP contribution >= 0.6 is 0 Å². The quantitative estimate of drug-likeness (QED) is 0.646. The lowest BCUT2D eigenvalue weighted by Crippen LogP contribution is -2.32. The Morgan fingerprint density at radius 3 is 2.66 bits per heavy atom. The maximum Gasteiger partial charge on any atom is 0.134 e. The molecule has 150 valence electrons. The van der Waals surface area contributed by atoms with Crippen LogP contribution in [0, 0.1) is 6.92 Å². The van der Waals surface area contributed by atoms with Crippen LogP contribution in [-0.2, 0) is 19.5 Å². The average molecular weight is 390 g/mol. The maximum absolute atomic E-state index is 6.28. The van der Waals surface area contributed by atoms with E-state index in [1.165, 1.54) is 5.56 Å². The number of nitrogens with zero attached hydrogens (tertiary/aromatic N) is 5. The predicted octanol–water partition coefficient (Wildman–Crippen LogP) is 3.46. The number of nitrogens with one attached hydrogen (secondary N) is 1. The standard InChI is InChI=1S/C22H27N7/c1-14(2)21-24-9-16(10-25-21)11-26-22-17-12-29(7-6-19(17)27-13-28-22)20-5-4-15(3)8-18(20)23/h4-5,8-10,13-14H,6-7,11-12,23H2,1-3H3,(H,26,27,28). The molecule has 7 heteroatoms. The van der Waals surface area contributed by atoms with Crippen molar-refractivity contribution in [2.75, 3.05) is 22.5 Å². The molecule has 1 aliphatic heterocycles. The molecule has 1 aliphatic rings. The van der Waals surface area contributed by atoms with Gasteiger partial charge in [0.15, 0.2) is 0 Å². The highest BCUT2D eigenvalue weighted by Crippen LogP contribution is 2.31. The molecule has 0 radical (unpaired) electrons. The van der Waals surface area contributed by atoms with Crippen molar-refractivity contribution in [2.24, 2.45) is 0 Å². The molecule has 1 aromatic carbocycles. The fraction of sp³-hybridized carbons (Fsp3) is 0.364. The Morgan fingerprint density at radius 2 is 1.93 bits per heavy atom. The zero-order valence-electron chi connectivity index (χ0n) is 17.2. The topological polar surface area (TPSA) is 92.9 Å². The highest BCUT2D eigenvalue weighted by atomic mass is 15.2. The lowest BCUT2D eigenvalue weighted by molar-refractivity contribution is 0.706. The highest BCUT2D eigenvalue weighted by Gasteiger charge is 2.22. The minimum Gasteiger partial charge on any atom is -0.397 e. The minimum absolute atomic E-state index is 0.325. The summed E-state index contributed by atoms with van der Waals surface area (Å²) < 4.78 is 0. The van der Waals surface area contributed by atoms with Crippen molar-refractivity contribution < 1.29 is 0 Å². The third-order valence-electron chi connectivity index (χ3n) is 5.23. The summed E-state index contributed by atoms with van der Waals surface area (Å²) >= 11 is 0. The SMILES string of the molecule is Cc1ccc(N2CCc3ncnc(NCc4cnc(C(C)C)nc4)c3C2)c(N)c1. The second-order valence-electron chi connectivity index (χ2n) is 7.84. The molecule has 3 heterocycles. The fourth-order valence-corrected chi connectivity index (χ4v) is 3.60. The molecule has 4 rings (SSSR count). The molecule has 0 unspecified atom stereocenters. The summed E-state index contributed by atoms with van der Waals surface area (Å²) in [4.78, 5) is 20.2. The van der Waals surface area contributed by atoms with Gasteiger partial charge in [-0.15, -0.1) is 0 Å². The van der Waals surface area contributed by atoms with Gasteiger partial charge in [0.05, 0.1) is 17.1 Å². The van der Waals surface area contributed by atoms with Crippen molar-refractivity contribution in [3.8, 4) is 0 Å². The molecule has 29 heavy (non-hydrogen) atoms. The number of nitrogens with two attached hydrogens (primary N) is 1. The van der Waals surface area contributed by atoms with Crippen LogP contribution in [0.25, 0.3) is 0 Å². The van der Waals surface area contributed by atoms with Gasteiger partial charge < -0.3 is 16.0 Å². The van der Waals surface area contributed by atoms with Crippen molar-refractivity contribution in [1.29, 1.82) is 0 Å². The van der Waals surface area contributed by atoms with Crippen molar-refractivity contribution in [1.82, 2.24) is 19.9 Å². The van der Waals surface area contributed by atoms with Crippen molar-refractivity contribution in [3.63, 3.8) is 0 Å². The molecule has 0 aliphatic carbocycles. The van der Waals surface area contributed by atoms with Gasteiger partial charge in [-0.1, -0.05) is 19.9 Å². The van der Waals surface area contributed by atoms with Crippen LogP contribution in [0.1, 0.15) is 48.0 Å². The lowest BCUT2D eigenvalue weighted by Gasteiger charge is -2.32. The number of nitrogen functional groups attached to an aromatic ring is 1. The molecule has 2 aromatic heterocycles. The van der Waals surface area contributed by atoms with E-state index in [2.05, 4.69) is 63.1 Å². The molecular weight excluding hydrogens is 362 g/mol. The van der Waals surface area contributed by atoms with Crippen LogP contribution in [0.15, 0.2) is 36.9 Å². The molecule has 0 amide bonds. The maximum atomic E-state index is 6.28. The first-order valence-corrected chi connectivity index (χ1v) is 9.99. The molecular formula is C22H27N7. The lowest BCUT2D eigenvalue weighted by atomic mass is 10.0. The zero-order valence-corrected chi connectivity index (χ0v) is 17.2. The Bertz CT molecular complexity index is 999. The van der Waals surface area contributed by atoms with Crippen LogP contribution < -0.4 is 16.0 Å². The zero-order chi connectivity index (χ0) is 20.4. The van der Waals surface area contributed by atoms with E-state index in [0.717, 1.165) is 59.3 Å². The van der Waals surface area contributed by atoms with Crippen LogP contribution in [0.5, 0.6) is 0 Å². The van der Waals surface area contributed by atoms with Crippen LogP contribution in [0.3, 0.4) is 0 Å². The van der Waals surface area contributed by atoms with E-state index in [1.807, 2.05) is 18.5 Å². The molecule has 0 saturated heterocycles. The summed E-state index contributed by atoms with van der Waals surface area (Å²) in [5.74, 6) is 2.05. The van der Waals surface area contributed by atoms with Gasteiger partial charge in [-0.3, -0.25) is 0 Å². The molecule has 0 saturated carbocycles. The molecule has 3 aromatic rings. The van der Waals surface area contributed by atoms with Gasteiger partial charge in [0.1, 0.15) is 18.0 Å². The monoisotopic (exact) mass is 389 g/mol. The van der Waals surface area contributed by atoms with E-state index in [9.17, 15) is 0 Å². The summed E-state index contributed by atoms with van der Waals surface area (Å²) in [6, 6.07) is 6.22. The molecule has 0 bridgehead atoms. The summed E-state index contributed by atoms with van der Waals surface area (Å²) in [7, 11) is 0. The third-order valence-corrected chi connectivity index (χ3v) is 5.23. The Balaban J connectivity index is 1.52. The summed E-state index contributed by atoms with van der Waals surface area (Å²) in [5.41, 5.74) is 12.6. The Labute approximate surface area is 171 Å². The van der Waals surface area contributed by atoms with Crippen LogP contribution in [0.4, 0.5) is 17.2 Å². The summed E-state index contributed by atoms with van der Waals surface area (Å²) in [6.07, 6.45) is 6.26. The van der Waals surface area contributed by atoms with E-state index >= 15 is 0 Å². The normalized spacial score (nSPS) is 13.4. The fourth-order valence-electron chi connectivity index (χ4n) is 3.60. The van der Waals surface area contributed by atoms with E-state index in [1.54, 1.807) is 6.33 Å². The predicted molar refractivity (Wildman–Crippen MR) is 116 cm³/mol. The van der Waals surface area contributed by atoms with E-state index in [0.29, 0.717) is 12.5 Å². The van der Waals surface area contributed by atoms with Gasteiger partial charge in [0, 0.05) is 55.5 Å². The Kier molecular flexibility index (Phi) is 5.29. The molecule has 3 N–H and O–H groups in total. The van der Waals surface area contributed by atoms with Crippen molar-refractivity contribution in [2.45, 2.75) is 46.2 Å². The number of hydrogen-bond donors (Lipinski definition) is 2. The van der Waals surface area contributed by atoms with Gasteiger partial charge in [0.25, 0.3) is 0 Å². The first kappa shape index (κ1) is 19.1. The van der Waals surface area contributed by atoms with Gasteiger partial charge in [-0.2, -0.15) is 0 Å². The number of anilines is 3. The molecule has 0 fully saturated rings. The Hall–Kier alpha value is -3.22. The minimum atomic E-state index is 0.325. The van der Waals surface area contributed by atoms with Crippen molar-refractivity contribution >= 4 is 17.2 Å². The van der Waals surface area contributed by atoms with Gasteiger partial charge in [0.2, 0.25) is 0 Å². The first-order chi connectivity index (χ1) is 14.0. The smallest absolute Gasteiger partial charge is 0.134 e. The number of aryl methyl sites for hydroxylation is 1. The third kappa shape index (κ3) is 4.13. The molecule has 7 nitrogen and oxygen atoms in total. The van der Waals surface area contributed by atoms with Gasteiger partial charge in [-0.25, -0.2) is 19.9 Å². The largest absolute Gasteiger partial charge is 0.397 e. The summed E-state index contributed by atoms with van der Waals surface area (Å²) in [6.45, 7) is 8.48. The second-order valence-corrected chi connectivity index (χ2v) is 7.84. The van der Waals surface area contributed by atoms with E-state index in [-0.39, 0.29) is 0 Å².